The number of nitrogens with two attached hydrogens (primary N) is 1. The Labute approximate surface area is 104 Å². The number of halogens is 1. The predicted molar refractivity (Wildman–Crippen MR) is 64.8 cm³/mol. The molecule has 0 aromatic carbocycles. The average Bonchev–Trinajstić information content (AvgIpc) is 2.31. The molecule has 0 radical (unpaired) electrons. The van der Waals surface area contributed by atoms with E-state index in [0.29, 0.717) is 19.0 Å². The summed E-state index contributed by atoms with van der Waals surface area (Å²) < 4.78 is 5.28. The number of aromatic nitrogens is 2. The highest BCUT2D eigenvalue weighted by Crippen LogP contribution is 2.07. The molecule has 0 fully saturated rings. The van der Waals surface area contributed by atoms with Crippen LogP contribution in [-0.2, 0) is 9.53 Å². The lowest BCUT2D eigenvalue weighted by molar-refractivity contribution is -0.118. The van der Waals surface area contributed by atoms with Crippen LogP contribution in [0, 0.1) is 0 Å². The molecule has 1 amide bonds. The van der Waals surface area contributed by atoms with E-state index in [-0.39, 0.29) is 23.6 Å². The van der Waals surface area contributed by atoms with Gasteiger partial charge in [0.1, 0.15) is 0 Å². The Morgan fingerprint density at radius 1 is 1.59 bits per heavy atom. The molecule has 0 aliphatic rings. The first-order chi connectivity index (χ1) is 8.15. The lowest BCUT2D eigenvalue weighted by atomic mass is 10.2. The van der Waals surface area contributed by atoms with E-state index in [2.05, 4.69) is 15.5 Å². The second-order valence-corrected chi connectivity index (χ2v) is 3.69. The summed E-state index contributed by atoms with van der Waals surface area (Å²) in [5.41, 5.74) is 5.47. The standard InChI is InChI=1S/C10H15ClN4O2/c1-2-17-7(6-12)5-10(16)13-9-4-3-8(11)14-15-9/h3-4,7H,2,5-6,12H2,1H3,(H,13,15,16). The van der Waals surface area contributed by atoms with Crippen molar-refractivity contribution in [2.75, 3.05) is 18.5 Å². The number of carbonyl (C=O) groups excluding carboxylic acids is 1. The fourth-order valence-electron chi connectivity index (χ4n) is 1.23. The Morgan fingerprint density at radius 2 is 2.35 bits per heavy atom. The predicted octanol–water partition coefficient (Wildman–Crippen LogP) is 0.822. The Morgan fingerprint density at radius 3 is 2.88 bits per heavy atom. The maximum Gasteiger partial charge on any atom is 0.228 e. The molecule has 1 aromatic rings. The highest BCUT2D eigenvalue weighted by Gasteiger charge is 2.12. The summed E-state index contributed by atoms with van der Waals surface area (Å²) in [6.07, 6.45) is -0.0884. The van der Waals surface area contributed by atoms with Crippen molar-refractivity contribution in [2.24, 2.45) is 5.73 Å². The number of hydrogen-bond acceptors (Lipinski definition) is 5. The number of nitrogens with zero attached hydrogens (tertiary/aromatic N) is 2. The minimum absolute atomic E-state index is 0.189. The Balaban J connectivity index is 2.46. The van der Waals surface area contributed by atoms with E-state index < -0.39 is 0 Å². The maximum atomic E-state index is 11.6. The van der Waals surface area contributed by atoms with Crippen LogP contribution in [0.3, 0.4) is 0 Å². The number of ether oxygens (including phenoxy) is 1. The van der Waals surface area contributed by atoms with Gasteiger partial charge in [0.2, 0.25) is 5.91 Å². The van der Waals surface area contributed by atoms with Gasteiger partial charge in [0.15, 0.2) is 11.0 Å². The zero-order valence-corrected chi connectivity index (χ0v) is 10.3. The van der Waals surface area contributed by atoms with Gasteiger partial charge in [-0.3, -0.25) is 4.79 Å². The molecule has 1 unspecified atom stereocenters. The number of rotatable bonds is 6. The number of anilines is 1. The van der Waals surface area contributed by atoms with Gasteiger partial charge in [0.25, 0.3) is 0 Å². The monoisotopic (exact) mass is 258 g/mol. The molecule has 1 atom stereocenters. The van der Waals surface area contributed by atoms with E-state index >= 15 is 0 Å². The van der Waals surface area contributed by atoms with Crippen LogP contribution < -0.4 is 11.1 Å². The fourth-order valence-corrected chi connectivity index (χ4v) is 1.33. The van der Waals surface area contributed by atoms with Crippen LogP contribution in [0.5, 0.6) is 0 Å². The van der Waals surface area contributed by atoms with Crippen LogP contribution in [0.15, 0.2) is 12.1 Å². The van der Waals surface area contributed by atoms with Gasteiger partial charge in [-0.05, 0) is 19.1 Å². The summed E-state index contributed by atoms with van der Waals surface area (Å²) in [5, 5.41) is 10.2. The average molecular weight is 259 g/mol. The van der Waals surface area contributed by atoms with Gasteiger partial charge in [0, 0.05) is 13.2 Å². The van der Waals surface area contributed by atoms with Gasteiger partial charge in [0.05, 0.1) is 12.5 Å². The zero-order valence-electron chi connectivity index (χ0n) is 9.52. The molecule has 0 aliphatic carbocycles. The molecule has 1 heterocycles. The lowest BCUT2D eigenvalue weighted by Crippen LogP contribution is -2.29. The number of amides is 1. The normalized spacial score (nSPS) is 12.2. The molecule has 94 valence electrons. The molecule has 1 aromatic heterocycles. The van der Waals surface area contributed by atoms with Gasteiger partial charge >= 0.3 is 0 Å². The number of nitrogens with one attached hydrogen (secondary N) is 1. The Kier molecular flexibility index (Phi) is 5.82. The first-order valence-electron chi connectivity index (χ1n) is 5.26. The summed E-state index contributed by atoms with van der Waals surface area (Å²) in [5.74, 6) is 0.136. The number of hydrogen-bond donors (Lipinski definition) is 2. The van der Waals surface area contributed by atoms with Crippen molar-refractivity contribution in [3.63, 3.8) is 0 Å². The smallest absolute Gasteiger partial charge is 0.228 e. The maximum absolute atomic E-state index is 11.6. The van der Waals surface area contributed by atoms with Crippen molar-refractivity contribution in [3.8, 4) is 0 Å². The van der Waals surface area contributed by atoms with Crippen LogP contribution in [0.4, 0.5) is 5.82 Å². The molecule has 0 aliphatic heterocycles. The Hall–Kier alpha value is -1.24. The molecule has 0 saturated carbocycles. The molecular weight excluding hydrogens is 244 g/mol. The molecule has 0 saturated heterocycles. The van der Waals surface area contributed by atoms with E-state index in [1.54, 1.807) is 12.1 Å². The van der Waals surface area contributed by atoms with Gasteiger partial charge in [-0.2, -0.15) is 0 Å². The van der Waals surface area contributed by atoms with Gasteiger partial charge in [-0.25, -0.2) is 0 Å². The topological polar surface area (TPSA) is 90.1 Å². The summed E-state index contributed by atoms with van der Waals surface area (Å²) >= 11 is 5.57. The minimum atomic E-state index is -0.278. The SMILES string of the molecule is CCOC(CN)CC(=O)Nc1ccc(Cl)nn1. The van der Waals surface area contributed by atoms with E-state index in [9.17, 15) is 4.79 Å². The molecule has 6 nitrogen and oxygen atoms in total. The van der Waals surface area contributed by atoms with Crippen LogP contribution in [-0.4, -0.2) is 35.4 Å². The second kappa shape index (κ2) is 7.16. The fraction of sp³-hybridized carbons (Fsp3) is 0.500. The third-order valence-corrected chi connectivity index (χ3v) is 2.18. The van der Waals surface area contributed by atoms with Crippen LogP contribution >= 0.6 is 11.6 Å². The third kappa shape index (κ3) is 5.08. The number of carbonyl (C=O) groups is 1. The van der Waals surface area contributed by atoms with Crippen molar-refractivity contribution < 1.29 is 9.53 Å². The quantitative estimate of drug-likeness (QED) is 0.789. The molecule has 7 heteroatoms. The van der Waals surface area contributed by atoms with Crippen molar-refractivity contribution in [1.82, 2.24) is 10.2 Å². The minimum Gasteiger partial charge on any atom is -0.377 e. The molecule has 1 rings (SSSR count). The Bertz CT molecular complexity index is 358. The molecule has 0 bridgehead atoms. The summed E-state index contributed by atoms with van der Waals surface area (Å²) in [7, 11) is 0. The van der Waals surface area contributed by atoms with Crippen LogP contribution in [0.1, 0.15) is 13.3 Å². The largest absolute Gasteiger partial charge is 0.377 e. The molecule has 17 heavy (non-hydrogen) atoms. The van der Waals surface area contributed by atoms with Gasteiger partial charge in [-0.1, -0.05) is 11.6 Å². The molecule has 0 spiro atoms. The highest BCUT2D eigenvalue weighted by molar-refractivity contribution is 6.29. The van der Waals surface area contributed by atoms with Gasteiger partial charge in [-0.15, -0.1) is 10.2 Å². The first-order valence-corrected chi connectivity index (χ1v) is 5.64. The van der Waals surface area contributed by atoms with E-state index in [1.165, 1.54) is 0 Å². The van der Waals surface area contributed by atoms with Crippen molar-refractivity contribution in [2.45, 2.75) is 19.4 Å². The van der Waals surface area contributed by atoms with Gasteiger partial charge < -0.3 is 15.8 Å². The molecule has 3 N–H and O–H groups in total. The highest BCUT2D eigenvalue weighted by atomic mass is 35.5. The van der Waals surface area contributed by atoms with E-state index in [1.807, 2.05) is 6.92 Å². The van der Waals surface area contributed by atoms with Crippen LogP contribution in [0.25, 0.3) is 0 Å². The first kappa shape index (κ1) is 13.8. The van der Waals surface area contributed by atoms with Crippen LogP contribution in [0.2, 0.25) is 5.15 Å². The third-order valence-electron chi connectivity index (χ3n) is 1.98. The second-order valence-electron chi connectivity index (χ2n) is 3.31. The molecular formula is C10H15ClN4O2. The van der Waals surface area contributed by atoms with Crippen molar-refractivity contribution in [3.05, 3.63) is 17.3 Å². The summed E-state index contributed by atoms with van der Waals surface area (Å²) in [6.45, 7) is 2.68. The summed E-state index contributed by atoms with van der Waals surface area (Å²) in [6, 6.07) is 3.12. The zero-order chi connectivity index (χ0) is 12.7. The van der Waals surface area contributed by atoms with Crippen molar-refractivity contribution in [1.29, 1.82) is 0 Å². The van der Waals surface area contributed by atoms with Crippen molar-refractivity contribution >= 4 is 23.3 Å². The summed E-state index contributed by atoms with van der Waals surface area (Å²) in [4.78, 5) is 11.6. The lowest BCUT2D eigenvalue weighted by Gasteiger charge is -2.13. The van der Waals surface area contributed by atoms with E-state index in [0.717, 1.165) is 0 Å². The van der Waals surface area contributed by atoms with E-state index in [4.69, 9.17) is 22.1 Å².